The molecule has 1 fully saturated rings. The second-order valence-corrected chi connectivity index (χ2v) is 4.62. The molecule has 1 aromatic rings. The molecule has 0 aromatic heterocycles. The van der Waals surface area contributed by atoms with E-state index in [0.717, 1.165) is 19.4 Å². The maximum absolute atomic E-state index is 13.3. The number of hydrogen-bond donors (Lipinski definition) is 1. The summed E-state index contributed by atoms with van der Waals surface area (Å²) >= 11 is 0. The van der Waals surface area contributed by atoms with Gasteiger partial charge < -0.3 is 14.8 Å². The van der Waals surface area contributed by atoms with Crippen molar-refractivity contribution in [3.63, 3.8) is 0 Å². The molecule has 0 radical (unpaired) electrons. The van der Waals surface area contributed by atoms with Crippen LogP contribution in [0, 0.1) is 5.82 Å². The van der Waals surface area contributed by atoms with E-state index in [-0.39, 0.29) is 18.0 Å². The van der Waals surface area contributed by atoms with Gasteiger partial charge in [-0.15, -0.1) is 0 Å². The van der Waals surface area contributed by atoms with Gasteiger partial charge >= 0.3 is 0 Å². The summed E-state index contributed by atoms with van der Waals surface area (Å²) < 4.78 is 24.6. The minimum atomic E-state index is -0.210. The highest BCUT2D eigenvalue weighted by molar-refractivity contribution is 5.16. The summed E-state index contributed by atoms with van der Waals surface area (Å²) in [5, 5.41) is 3.10. The van der Waals surface area contributed by atoms with Crippen LogP contribution in [-0.4, -0.2) is 32.4 Å². The van der Waals surface area contributed by atoms with Gasteiger partial charge in [-0.25, -0.2) is 4.39 Å². The van der Waals surface area contributed by atoms with E-state index < -0.39 is 0 Å². The first kappa shape index (κ1) is 13.5. The Kier molecular flexibility index (Phi) is 5.11. The quantitative estimate of drug-likeness (QED) is 0.842. The first-order chi connectivity index (χ1) is 8.79. The lowest BCUT2D eigenvalue weighted by molar-refractivity contribution is -0.0190. The van der Waals surface area contributed by atoms with Crippen molar-refractivity contribution in [3.05, 3.63) is 35.6 Å². The zero-order valence-electron chi connectivity index (χ0n) is 10.7. The predicted molar refractivity (Wildman–Crippen MR) is 67.9 cm³/mol. The summed E-state index contributed by atoms with van der Waals surface area (Å²) in [7, 11) is 1.92. The fourth-order valence-corrected chi connectivity index (χ4v) is 2.20. The predicted octanol–water partition coefficient (Wildman–Crippen LogP) is 2.11. The van der Waals surface area contributed by atoms with Crippen LogP contribution in [0.4, 0.5) is 4.39 Å². The van der Waals surface area contributed by atoms with Crippen molar-refractivity contribution in [1.29, 1.82) is 0 Å². The van der Waals surface area contributed by atoms with Crippen molar-refractivity contribution < 1.29 is 13.9 Å². The van der Waals surface area contributed by atoms with Crippen LogP contribution in [0.15, 0.2) is 24.3 Å². The number of rotatable bonds is 6. The summed E-state index contributed by atoms with van der Waals surface area (Å²) in [5.74, 6) is -0.210. The lowest BCUT2D eigenvalue weighted by Crippen LogP contribution is -2.25. The maximum Gasteiger partial charge on any atom is 0.128 e. The Morgan fingerprint density at radius 3 is 2.89 bits per heavy atom. The first-order valence-corrected chi connectivity index (χ1v) is 6.41. The Hall–Kier alpha value is -0.970. The highest BCUT2D eigenvalue weighted by Crippen LogP contribution is 2.19. The molecule has 2 atom stereocenters. The van der Waals surface area contributed by atoms with Crippen LogP contribution in [-0.2, 0) is 16.1 Å². The average molecular weight is 253 g/mol. The smallest absolute Gasteiger partial charge is 0.128 e. The van der Waals surface area contributed by atoms with Crippen LogP contribution in [0.25, 0.3) is 0 Å². The lowest BCUT2D eigenvalue weighted by atomic mass is 10.2. The van der Waals surface area contributed by atoms with E-state index in [1.807, 2.05) is 13.1 Å². The minimum absolute atomic E-state index is 0.148. The van der Waals surface area contributed by atoms with E-state index in [1.54, 1.807) is 12.1 Å². The number of ether oxygens (including phenoxy) is 2. The molecule has 0 amide bonds. The monoisotopic (exact) mass is 253 g/mol. The number of hydrogen-bond acceptors (Lipinski definition) is 3. The molecule has 2 unspecified atom stereocenters. The molecule has 18 heavy (non-hydrogen) atoms. The fourth-order valence-electron chi connectivity index (χ4n) is 2.20. The van der Waals surface area contributed by atoms with Crippen LogP contribution in [0.5, 0.6) is 0 Å². The Labute approximate surface area is 107 Å². The van der Waals surface area contributed by atoms with Crippen molar-refractivity contribution >= 4 is 0 Å². The van der Waals surface area contributed by atoms with Gasteiger partial charge in [0.1, 0.15) is 5.82 Å². The molecule has 100 valence electrons. The Balaban J connectivity index is 1.69. The molecule has 1 saturated heterocycles. The minimum Gasteiger partial charge on any atom is -0.374 e. The normalized spacial score (nSPS) is 23.4. The molecular weight excluding hydrogens is 233 g/mol. The number of nitrogens with one attached hydrogen (secondary N) is 1. The van der Waals surface area contributed by atoms with Gasteiger partial charge in [-0.2, -0.15) is 0 Å². The zero-order valence-corrected chi connectivity index (χ0v) is 10.7. The molecule has 1 heterocycles. The van der Waals surface area contributed by atoms with Crippen LogP contribution in [0.1, 0.15) is 18.4 Å². The molecule has 1 aromatic carbocycles. The van der Waals surface area contributed by atoms with Gasteiger partial charge in [-0.05, 0) is 26.0 Å². The van der Waals surface area contributed by atoms with Gasteiger partial charge in [-0.1, -0.05) is 18.2 Å². The molecule has 4 heteroatoms. The van der Waals surface area contributed by atoms with Gasteiger partial charge in [0.15, 0.2) is 0 Å². The van der Waals surface area contributed by atoms with E-state index in [4.69, 9.17) is 9.47 Å². The molecule has 1 aliphatic rings. The average Bonchev–Trinajstić information content (AvgIpc) is 2.80. The molecule has 0 bridgehead atoms. The van der Waals surface area contributed by atoms with Crippen molar-refractivity contribution in [2.75, 3.05) is 20.2 Å². The summed E-state index contributed by atoms with van der Waals surface area (Å²) in [6, 6.07) is 6.69. The van der Waals surface area contributed by atoms with E-state index in [1.165, 1.54) is 6.07 Å². The van der Waals surface area contributed by atoms with E-state index in [2.05, 4.69) is 5.32 Å². The summed E-state index contributed by atoms with van der Waals surface area (Å²) in [6.45, 7) is 1.72. The molecule has 3 nitrogen and oxygen atoms in total. The van der Waals surface area contributed by atoms with E-state index >= 15 is 0 Å². The molecule has 1 aliphatic heterocycles. The molecule has 0 saturated carbocycles. The maximum atomic E-state index is 13.3. The number of halogens is 1. The molecule has 0 spiro atoms. The third-order valence-corrected chi connectivity index (χ3v) is 3.15. The third kappa shape index (κ3) is 3.77. The second kappa shape index (κ2) is 6.83. The van der Waals surface area contributed by atoms with Gasteiger partial charge in [0.05, 0.1) is 25.4 Å². The van der Waals surface area contributed by atoms with Crippen LogP contribution >= 0.6 is 0 Å². The Morgan fingerprint density at radius 2 is 2.11 bits per heavy atom. The second-order valence-electron chi connectivity index (χ2n) is 4.62. The van der Waals surface area contributed by atoms with E-state index in [0.29, 0.717) is 18.8 Å². The Morgan fingerprint density at radius 1 is 1.33 bits per heavy atom. The molecule has 0 aliphatic carbocycles. The molecule has 2 rings (SSSR count). The summed E-state index contributed by atoms with van der Waals surface area (Å²) in [4.78, 5) is 0. The largest absolute Gasteiger partial charge is 0.374 e. The fraction of sp³-hybridized carbons (Fsp3) is 0.571. The van der Waals surface area contributed by atoms with Gasteiger partial charge in [0.25, 0.3) is 0 Å². The zero-order chi connectivity index (χ0) is 12.8. The highest BCUT2D eigenvalue weighted by atomic mass is 19.1. The lowest BCUT2D eigenvalue weighted by Gasteiger charge is -2.13. The number of benzene rings is 1. The van der Waals surface area contributed by atoms with Crippen molar-refractivity contribution in [1.82, 2.24) is 5.32 Å². The first-order valence-electron chi connectivity index (χ1n) is 6.41. The standard InChI is InChI=1S/C14H20FNO2/c1-16-8-12-6-7-13(18-12)10-17-9-11-4-2-3-5-14(11)15/h2-5,12-13,16H,6-10H2,1H3. The van der Waals surface area contributed by atoms with Gasteiger partial charge in [-0.3, -0.25) is 0 Å². The molecular formula is C14H20FNO2. The van der Waals surface area contributed by atoms with Crippen LogP contribution < -0.4 is 5.32 Å². The highest BCUT2D eigenvalue weighted by Gasteiger charge is 2.24. The van der Waals surface area contributed by atoms with Crippen LogP contribution in [0.3, 0.4) is 0 Å². The summed E-state index contributed by atoms with van der Waals surface area (Å²) in [6.07, 6.45) is 2.52. The van der Waals surface area contributed by atoms with Crippen molar-refractivity contribution in [3.8, 4) is 0 Å². The topological polar surface area (TPSA) is 30.5 Å². The summed E-state index contributed by atoms with van der Waals surface area (Å²) in [5.41, 5.74) is 0.599. The van der Waals surface area contributed by atoms with Gasteiger partial charge in [0.2, 0.25) is 0 Å². The third-order valence-electron chi connectivity index (χ3n) is 3.15. The SMILES string of the molecule is CNCC1CCC(COCc2ccccc2F)O1. The Bertz CT molecular complexity index is 373. The van der Waals surface area contributed by atoms with Crippen LogP contribution in [0.2, 0.25) is 0 Å². The van der Waals surface area contributed by atoms with Gasteiger partial charge in [0, 0.05) is 12.1 Å². The number of likely N-dealkylation sites (N-methyl/N-ethyl adjacent to an activating group) is 1. The van der Waals surface area contributed by atoms with E-state index in [9.17, 15) is 4.39 Å². The van der Waals surface area contributed by atoms with Crippen molar-refractivity contribution in [2.45, 2.75) is 31.7 Å². The molecule has 1 N–H and O–H groups in total. The van der Waals surface area contributed by atoms with Crippen molar-refractivity contribution in [2.24, 2.45) is 0 Å².